The van der Waals surface area contributed by atoms with Gasteiger partial charge in [0.15, 0.2) is 0 Å². The zero-order chi connectivity index (χ0) is 7.72. The van der Waals surface area contributed by atoms with Crippen LogP contribution < -0.4 is 0 Å². The van der Waals surface area contributed by atoms with Crippen molar-refractivity contribution in [2.45, 2.75) is 26.0 Å². The van der Waals surface area contributed by atoms with E-state index < -0.39 is 0 Å². The van der Waals surface area contributed by atoms with Gasteiger partial charge >= 0.3 is 0 Å². The highest BCUT2D eigenvalue weighted by Crippen LogP contribution is 2.29. The maximum Gasteiger partial charge on any atom is 0.0249 e. The van der Waals surface area contributed by atoms with Gasteiger partial charge in [0.1, 0.15) is 0 Å². The first-order valence-corrected chi connectivity index (χ1v) is 4.69. The molecule has 0 saturated heterocycles. The van der Waals surface area contributed by atoms with Gasteiger partial charge in [-0.1, -0.05) is 0 Å². The van der Waals surface area contributed by atoms with Crippen molar-refractivity contribution in [3.63, 3.8) is 0 Å². The Morgan fingerprint density at radius 1 is 1.50 bits per heavy atom. The van der Waals surface area contributed by atoms with Crippen molar-refractivity contribution in [1.82, 2.24) is 0 Å². The second kappa shape index (κ2) is 2.97. The van der Waals surface area contributed by atoms with E-state index in [9.17, 15) is 0 Å². The summed E-state index contributed by atoms with van der Waals surface area (Å²) in [6, 6.07) is 2.22. The van der Waals surface area contributed by atoms with E-state index in [0.717, 1.165) is 0 Å². The van der Waals surface area contributed by atoms with Crippen LogP contribution in [0.25, 0.3) is 0 Å². The molecule has 0 aliphatic carbocycles. The number of rotatable bonds is 1. The first kappa shape index (κ1) is 8.15. The van der Waals surface area contributed by atoms with E-state index in [2.05, 4.69) is 39.5 Å². The van der Waals surface area contributed by atoms with Crippen LogP contribution in [0.15, 0.2) is 6.07 Å². The molecule has 0 aromatic carbocycles. The maximum atomic E-state index is 4.38. The minimum atomic E-state index is 0.380. The summed E-state index contributed by atoms with van der Waals surface area (Å²) >= 11 is 6.23. The van der Waals surface area contributed by atoms with Crippen molar-refractivity contribution in [3.05, 3.63) is 21.4 Å². The normalized spacial score (nSPS) is 13.6. The highest BCUT2D eigenvalue weighted by molar-refractivity contribution is 7.80. The predicted octanol–water partition coefficient (Wildman–Crippen LogP) is 3.36. The highest BCUT2D eigenvalue weighted by atomic mass is 32.1. The molecule has 0 aliphatic rings. The van der Waals surface area contributed by atoms with Gasteiger partial charge in [0.25, 0.3) is 0 Å². The van der Waals surface area contributed by atoms with E-state index in [0.29, 0.717) is 5.25 Å². The lowest BCUT2D eigenvalue weighted by Gasteiger charge is -2.00. The molecule has 1 aromatic rings. The molecule has 0 aliphatic heterocycles. The van der Waals surface area contributed by atoms with E-state index in [-0.39, 0.29) is 0 Å². The second-order valence-corrected chi connectivity index (χ2v) is 4.78. The third-order valence-corrected chi connectivity index (χ3v) is 2.79. The van der Waals surface area contributed by atoms with Crippen LogP contribution in [0.2, 0.25) is 0 Å². The van der Waals surface area contributed by atoms with E-state index in [1.807, 2.05) is 11.3 Å². The van der Waals surface area contributed by atoms with Crippen molar-refractivity contribution >= 4 is 24.0 Å². The van der Waals surface area contributed by atoms with Crippen molar-refractivity contribution in [2.75, 3.05) is 0 Å². The summed E-state index contributed by atoms with van der Waals surface area (Å²) in [5.74, 6) is 0. The van der Waals surface area contributed by atoms with E-state index in [1.165, 1.54) is 15.3 Å². The molecule has 0 bridgehead atoms. The molecule has 0 radical (unpaired) electrons. The molecular weight excluding hydrogens is 160 g/mol. The Bertz CT molecular complexity index is 223. The van der Waals surface area contributed by atoms with Crippen molar-refractivity contribution in [2.24, 2.45) is 0 Å². The smallest absolute Gasteiger partial charge is 0.0249 e. The standard InChI is InChI=1S/C8H12S2/c1-5-4-8(6(2)9)7(3)10-5/h4,6,9H,1-3H3. The Morgan fingerprint density at radius 3 is 2.30 bits per heavy atom. The maximum absolute atomic E-state index is 4.38. The van der Waals surface area contributed by atoms with Gasteiger partial charge in [-0.15, -0.1) is 11.3 Å². The van der Waals surface area contributed by atoms with Crippen LogP contribution in [0, 0.1) is 13.8 Å². The van der Waals surface area contributed by atoms with Gasteiger partial charge in [-0.3, -0.25) is 0 Å². The molecule has 0 N–H and O–H groups in total. The average Bonchev–Trinajstić information content (AvgIpc) is 2.10. The lowest BCUT2D eigenvalue weighted by Crippen LogP contribution is -1.81. The van der Waals surface area contributed by atoms with Crippen LogP contribution in [-0.2, 0) is 0 Å². The predicted molar refractivity (Wildman–Crippen MR) is 51.2 cm³/mol. The minimum Gasteiger partial charge on any atom is -0.171 e. The van der Waals surface area contributed by atoms with Crippen LogP contribution in [-0.4, -0.2) is 0 Å². The molecule has 0 nitrogen and oxygen atoms in total. The van der Waals surface area contributed by atoms with Crippen molar-refractivity contribution in [3.8, 4) is 0 Å². The first-order valence-electron chi connectivity index (χ1n) is 3.36. The number of hydrogen-bond donors (Lipinski definition) is 1. The van der Waals surface area contributed by atoms with E-state index in [1.54, 1.807) is 0 Å². The zero-order valence-corrected chi connectivity index (χ0v) is 8.22. The van der Waals surface area contributed by atoms with Crippen molar-refractivity contribution < 1.29 is 0 Å². The van der Waals surface area contributed by atoms with Gasteiger partial charge in [0.05, 0.1) is 0 Å². The Labute approximate surface area is 71.7 Å². The fourth-order valence-corrected chi connectivity index (χ4v) is 2.44. The van der Waals surface area contributed by atoms with E-state index >= 15 is 0 Å². The molecule has 0 fully saturated rings. The quantitative estimate of drug-likeness (QED) is 0.617. The summed E-state index contributed by atoms with van der Waals surface area (Å²) in [6.45, 7) is 6.40. The van der Waals surface area contributed by atoms with Gasteiger partial charge in [0, 0.05) is 15.0 Å². The Kier molecular flexibility index (Phi) is 2.42. The number of thiol groups is 1. The summed E-state index contributed by atoms with van der Waals surface area (Å²) in [5.41, 5.74) is 1.38. The molecular formula is C8H12S2. The monoisotopic (exact) mass is 172 g/mol. The topological polar surface area (TPSA) is 0 Å². The third kappa shape index (κ3) is 1.55. The SMILES string of the molecule is Cc1cc(C(C)S)c(C)s1. The van der Waals surface area contributed by atoms with Crippen molar-refractivity contribution in [1.29, 1.82) is 0 Å². The summed E-state index contributed by atoms with van der Waals surface area (Å²) < 4.78 is 0. The lowest BCUT2D eigenvalue weighted by atomic mass is 10.2. The van der Waals surface area contributed by atoms with Crippen LogP contribution in [0.1, 0.15) is 27.5 Å². The fourth-order valence-electron chi connectivity index (χ4n) is 1.07. The largest absolute Gasteiger partial charge is 0.171 e. The Morgan fingerprint density at radius 2 is 2.10 bits per heavy atom. The molecule has 1 unspecified atom stereocenters. The molecule has 0 amide bonds. The van der Waals surface area contributed by atoms with Gasteiger partial charge < -0.3 is 0 Å². The molecule has 2 heteroatoms. The van der Waals surface area contributed by atoms with Crippen LogP contribution in [0.3, 0.4) is 0 Å². The molecule has 56 valence electrons. The van der Waals surface area contributed by atoms with Crippen LogP contribution in [0.5, 0.6) is 0 Å². The first-order chi connectivity index (χ1) is 4.61. The van der Waals surface area contributed by atoms with Crippen LogP contribution in [0.4, 0.5) is 0 Å². The number of thiophene rings is 1. The molecule has 1 aromatic heterocycles. The van der Waals surface area contributed by atoms with Crippen LogP contribution >= 0.6 is 24.0 Å². The fraction of sp³-hybridized carbons (Fsp3) is 0.500. The molecule has 1 atom stereocenters. The molecule has 0 saturated carbocycles. The molecule has 0 spiro atoms. The van der Waals surface area contributed by atoms with Gasteiger partial charge in [-0.25, -0.2) is 0 Å². The zero-order valence-electron chi connectivity index (χ0n) is 6.51. The molecule has 1 rings (SSSR count). The van der Waals surface area contributed by atoms with E-state index in [4.69, 9.17) is 0 Å². The summed E-state index contributed by atoms with van der Waals surface area (Å²) in [7, 11) is 0. The third-order valence-electron chi connectivity index (χ3n) is 1.53. The highest BCUT2D eigenvalue weighted by Gasteiger charge is 2.05. The Balaban J connectivity index is 3.03. The molecule has 1 heterocycles. The summed E-state index contributed by atoms with van der Waals surface area (Å²) in [6.07, 6.45) is 0. The average molecular weight is 172 g/mol. The molecule has 10 heavy (non-hydrogen) atoms. The number of aryl methyl sites for hydroxylation is 2. The minimum absolute atomic E-state index is 0.380. The lowest BCUT2D eigenvalue weighted by molar-refractivity contribution is 1.10. The van der Waals surface area contributed by atoms with Gasteiger partial charge in [0.2, 0.25) is 0 Å². The number of hydrogen-bond acceptors (Lipinski definition) is 2. The summed E-state index contributed by atoms with van der Waals surface area (Å²) in [5, 5.41) is 0.380. The summed E-state index contributed by atoms with van der Waals surface area (Å²) in [4.78, 5) is 2.79. The Hall–Kier alpha value is 0.0500. The second-order valence-electron chi connectivity index (χ2n) is 2.54. The van der Waals surface area contributed by atoms with Gasteiger partial charge in [-0.05, 0) is 32.4 Å². The van der Waals surface area contributed by atoms with Gasteiger partial charge in [-0.2, -0.15) is 12.6 Å².